The van der Waals surface area contributed by atoms with E-state index in [2.05, 4.69) is 72.9 Å². The molecule has 2 atom stereocenters. The summed E-state index contributed by atoms with van der Waals surface area (Å²) in [6.45, 7) is 0. The summed E-state index contributed by atoms with van der Waals surface area (Å²) in [5, 5.41) is 38.4. The Hall–Kier alpha value is -5.12. The third kappa shape index (κ3) is 5.65. The van der Waals surface area contributed by atoms with Crippen LogP contribution in [-0.4, -0.2) is 11.2 Å². The average Bonchev–Trinajstić information content (AvgIpc) is 3.87. The molecule has 10 rings (SSSR count). The number of rotatable bonds is 2. The van der Waals surface area contributed by atoms with E-state index in [1.807, 2.05) is 0 Å². The van der Waals surface area contributed by atoms with E-state index in [1.165, 1.54) is 65.8 Å². The summed E-state index contributed by atoms with van der Waals surface area (Å²) in [5.41, 5.74) is 9.22. The maximum Gasteiger partial charge on any atom is 0.139 e. The number of fused-ring (bicyclic) bond motifs is 9. The molecule has 6 nitrogen and oxygen atoms in total. The summed E-state index contributed by atoms with van der Waals surface area (Å²) in [6.07, 6.45) is 30.8. The lowest BCUT2D eigenvalue weighted by Crippen LogP contribution is -2.45. The second-order valence-corrected chi connectivity index (χ2v) is 18.8. The molecule has 2 saturated carbocycles. The van der Waals surface area contributed by atoms with Gasteiger partial charge < -0.3 is 9.47 Å². The van der Waals surface area contributed by atoms with E-state index in [9.17, 15) is 21.0 Å². The quantitative estimate of drug-likeness (QED) is 0.281. The topological polar surface area (TPSA) is 114 Å². The van der Waals surface area contributed by atoms with Gasteiger partial charge in [-0.3, -0.25) is 0 Å². The number of thiophene rings is 2. The fourth-order valence-corrected chi connectivity index (χ4v) is 13.1. The molecular formula is C48H42N4O2S2. The zero-order chi connectivity index (χ0) is 38.0. The Balaban J connectivity index is 1.08. The van der Waals surface area contributed by atoms with Gasteiger partial charge in [0.2, 0.25) is 0 Å². The first-order valence-corrected chi connectivity index (χ1v) is 22.1. The van der Waals surface area contributed by atoms with Gasteiger partial charge in [0, 0.05) is 32.7 Å². The smallest absolute Gasteiger partial charge is 0.139 e. The summed E-state index contributed by atoms with van der Waals surface area (Å²) in [7, 11) is 0. The first-order chi connectivity index (χ1) is 27.4. The molecule has 4 heterocycles. The minimum atomic E-state index is -0.338. The predicted octanol–water partition coefficient (Wildman–Crippen LogP) is 12.4. The molecule has 278 valence electrons. The summed E-state index contributed by atoms with van der Waals surface area (Å²) in [5.74, 6) is 2.38. The van der Waals surface area contributed by atoms with Gasteiger partial charge in [-0.25, -0.2) is 0 Å². The molecule has 0 saturated heterocycles. The van der Waals surface area contributed by atoms with Crippen LogP contribution in [0.3, 0.4) is 0 Å². The first kappa shape index (κ1) is 35.3. The van der Waals surface area contributed by atoms with Crippen LogP contribution in [0.5, 0.6) is 11.5 Å². The van der Waals surface area contributed by atoms with Crippen molar-refractivity contribution in [2.75, 3.05) is 0 Å². The minimum Gasteiger partial charge on any atom is -0.481 e. The Bertz CT molecular complexity index is 2300. The van der Waals surface area contributed by atoms with Crippen molar-refractivity contribution in [1.82, 2.24) is 0 Å². The lowest BCUT2D eigenvalue weighted by Gasteiger charge is -2.48. The van der Waals surface area contributed by atoms with Crippen LogP contribution < -0.4 is 9.47 Å². The van der Waals surface area contributed by atoms with Crippen LogP contribution >= 0.6 is 22.7 Å². The van der Waals surface area contributed by atoms with Crippen LogP contribution in [0.2, 0.25) is 0 Å². The summed E-state index contributed by atoms with van der Waals surface area (Å²) >= 11 is 3.61. The fraction of sp³-hybridized carbons (Fsp3) is 0.417. The van der Waals surface area contributed by atoms with Crippen LogP contribution in [0, 0.1) is 57.2 Å². The van der Waals surface area contributed by atoms with Crippen molar-refractivity contribution < 1.29 is 9.47 Å². The number of hydrogen-bond donors (Lipinski definition) is 0. The number of nitrogens with zero attached hydrogens (tertiary/aromatic N) is 4. The molecule has 0 amide bonds. The molecule has 0 radical (unpaired) electrons. The van der Waals surface area contributed by atoms with Gasteiger partial charge in [-0.15, -0.1) is 22.7 Å². The molecule has 2 aromatic rings. The van der Waals surface area contributed by atoms with Crippen LogP contribution in [0.15, 0.2) is 82.0 Å². The van der Waals surface area contributed by atoms with Gasteiger partial charge in [-0.05, 0) is 135 Å². The molecule has 56 heavy (non-hydrogen) atoms. The second kappa shape index (κ2) is 13.8. The summed E-state index contributed by atoms with van der Waals surface area (Å²) in [6, 6.07) is 12.9. The molecule has 2 spiro atoms. The highest BCUT2D eigenvalue weighted by Gasteiger charge is 2.50. The Labute approximate surface area is 337 Å². The second-order valence-electron chi connectivity index (χ2n) is 16.7. The van der Waals surface area contributed by atoms with E-state index in [-0.39, 0.29) is 34.2 Å². The van der Waals surface area contributed by atoms with Crippen LogP contribution in [0.25, 0.3) is 22.3 Å². The lowest BCUT2D eigenvalue weighted by molar-refractivity contribution is 0.0636. The molecule has 0 bridgehead atoms. The highest BCUT2D eigenvalue weighted by Crippen LogP contribution is 2.60. The third-order valence-electron chi connectivity index (χ3n) is 13.5. The molecule has 0 N–H and O–H groups in total. The maximum absolute atomic E-state index is 9.60. The van der Waals surface area contributed by atoms with Gasteiger partial charge in [0.1, 0.15) is 58.1 Å². The van der Waals surface area contributed by atoms with Crippen LogP contribution in [-0.2, 0) is 0 Å². The van der Waals surface area contributed by atoms with Crippen molar-refractivity contribution in [3.63, 3.8) is 0 Å². The minimum absolute atomic E-state index is 0.203. The number of allylic oxidation sites excluding steroid dienone is 12. The maximum atomic E-state index is 9.60. The summed E-state index contributed by atoms with van der Waals surface area (Å²) < 4.78 is 14.4. The SMILES string of the molecule is N#CC(C#N)=C1C=C(c2cc3c(s2)C2=CC4C=C5C(=CC4C=C2C2(CCCCC2)O3)c2sc(C3=CC(=C(C#N)C#N)CCC3)cc2OC52CCCCC2)CCC1. The standard InChI is InChI=1S/C48H42N4O2S2/c49-25-35(26-50)29-9-7-11-31(17-29)43-23-41-45(55-43)37-19-34-22-40-38(20-33(34)21-39(37)47(53-41)13-3-1-4-14-47)46-42(54-48(40)15-5-2-6-16-48)24-44(56-46)32-12-8-10-30(18-32)36(27-51)28-52/h17-24,33-34H,1-16H2. The Morgan fingerprint density at radius 3 is 1.34 bits per heavy atom. The van der Waals surface area contributed by atoms with Gasteiger partial charge in [0.25, 0.3) is 0 Å². The van der Waals surface area contributed by atoms with Crippen molar-refractivity contribution >= 4 is 45.0 Å². The number of ether oxygens (including phenoxy) is 2. The molecule has 2 unspecified atom stereocenters. The van der Waals surface area contributed by atoms with Crippen molar-refractivity contribution in [3.05, 3.63) is 102 Å². The zero-order valence-electron chi connectivity index (χ0n) is 31.5. The Kier molecular flexibility index (Phi) is 8.71. The van der Waals surface area contributed by atoms with Crippen LogP contribution in [0.4, 0.5) is 0 Å². The normalized spacial score (nSPS) is 25.1. The van der Waals surface area contributed by atoms with E-state index >= 15 is 0 Å². The van der Waals surface area contributed by atoms with E-state index in [4.69, 9.17) is 9.47 Å². The highest BCUT2D eigenvalue weighted by atomic mass is 32.1. The molecule has 2 aromatic heterocycles. The molecule has 8 heteroatoms. The fourth-order valence-electron chi connectivity index (χ4n) is 10.7. The van der Waals surface area contributed by atoms with Crippen molar-refractivity contribution in [2.24, 2.45) is 11.8 Å². The van der Waals surface area contributed by atoms with E-state index < -0.39 is 0 Å². The molecule has 0 aromatic carbocycles. The van der Waals surface area contributed by atoms with Crippen molar-refractivity contribution in [2.45, 2.75) is 114 Å². The van der Waals surface area contributed by atoms with E-state index in [0.717, 1.165) is 113 Å². The third-order valence-corrected chi connectivity index (χ3v) is 15.9. The molecule has 8 aliphatic rings. The lowest BCUT2D eigenvalue weighted by atomic mass is 9.65. The Morgan fingerprint density at radius 1 is 0.536 bits per heavy atom. The number of nitriles is 4. The van der Waals surface area contributed by atoms with E-state index in [1.54, 1.807) is 22.7 Å². The summed E-state index contributed by atoms with van der Waals surface area (Å²) in [4.78, 5) is 4.76. The molecular weight excluding hydrogens is 729 g/mol. The monoisotopic (exact) mass is 770 g/mol. The predicted molar refractivity (Wildman–Crippen MR) is 221 cm³/mol. The van der Waals surface area contributed by atoms with Crippen molar-refractivity contribution in [1.29, 1.82) is 21.0 Å². The van der Waals surface area contributed by atoms with Crippen LogP contribution in [0.1, 0.15) is 122 Å². The number of hydrogen-bond acceptors (Lipinski definition) is 8. The molecule has 6 aliphatic carbocycles. The van der Waals surface area contributed by atoms with Gasteiger partial charge >= 0.3 is 0 Å². The van der Waals surface area contributed by atoms with E-state index in [0.29, 0.717) is 0 Å². The van der Waals surface area contributed by atoms with Crippen molar-refractivity contribution in [3.8, 4) is 35.8 Å². The average molecular weight is 771 g/mol. The van der Waals surface area contributed by atoms with Gasteiger partial charge in [-0.1, -0.05) is 49.3 Å². The van der Waals surface area contributed by atoms with Gasteiger partial charge in [0.15, 0.2) is 0 Å². The molecule has 2 fully saturated rings. The largest absolute Gasteiger partial charge is 0.481 e. The van der Waals surface area contributed by atoms with Gasteiger partial charge in [-0.2, -0.15) is 21.0 Å². The Morgan fingerprint density at radius 2 is 0.946 bits per heavy atom. The molecule has 2 aliphatic heterocycles. The zero-order valence-corrected chi connectivity index (χ0v) is 33.1. The van der Waals surface area contributed by atoms with Gasteiger partial charge in [0.05, 0.1) is 9.75 Å². The highest BCUT2D eigenvalue weighted by molar-refractivity contribution is 7.15. The first-order valence-electron chi connectivity index (χ1n) is 20.5.